The standard InChI is InChI=1S/C25H26ClNO6S.Na/c1-17(27-15-22(28)19-5-4-6-20(26)14-19)13-18-9-11-21(12-10-18)34(31,32)24-8-3-2-7-23(24)33-16-25(29)30;/h2-12,14,17,22,27-28H,13,15-16H2,1H3,(H,29,30);/q;+1/p-1/t17-,22+;/m1./s1. The number of nitrogens with one attached hydrogen (secondary N) is 1. The van der Waals surface area contributed by atoms with Gasteiger partial charge in [0.05, 0.1) is 17.0 Å². The van der Waals surface area contributed by atoms with Crippen molar-refractivity contribution in [3.63, 3.8) is 0 Å². The third-order valence-electron chi connectivity index (χ3n) is 5.15. The molecule has 0 heterocycles. The molecule has 0 spiro atoms. The molecule has 0 radical (unpaired) electrons. The number of carboxylic acids is 1. The number of halogens is 1. The molecule has 3 rings (SSSR count). The largest absolute Gasteiger partial charge is 1.00 e. The predicted octanol–water partition coefficient (Wildman–Crippen LogP) is -0.440. The smallest absolute Gasteiger partial charge is 0.546 e. The number of aliphatic hydroxyl groups is 1. The van der Waals surface area contributed by atoms with E-state index in [0.717, 1.165) is 11.1 Å². The summed E-state index contributed by atoms with van der Waals surface area (Å²) in [4.78, 5) is 10.6. The van der Waals surface area contributed by atoms with Crippen molar-refractivity contribution < 1.29 is 57.7 Å². The Labute approximate surface area is 232 Å². The summed E-state index contributed by atoms with van der Waals surface area (Å²) >= 11 is 5.97. The second kappa shape index (κ2) is 13.4. The first kappa shape index (κ1) is 29.3. The van der Waals surface area contributed by atoms with Crippen LogP contribution in [0.4, 0.5) is 0 Å². The molecule has 3 aromatic carbocycles. The Kier molecular flexibility index (Phi) is 11.2. The van der Waals surface area contributed by atoms with E-state index in [4.69, 9.17) is 16.3 Å². The van der Waals surface area contributed by atoms with E-state index < -0.39 is 28.5 Å². The van der Waals surface area contributed by atoms with E-state index in [9.17, 15) is 23.4 Å². The number of benzene rings is 3. The van der Waals surface area contributed by atoms with Crippen molar-refractivity contribution in [1.82, 2.24) is 5.32 Å². The Morgan fingerprint density at radius 3 is 2.43 bits per heavy atom. The van der Waals surface area contributed by atoms with Gasteiger partial charge >= 0.3 is 29.6 Å². The van der Waals surface area contributed by atoms with Gasteiger partial charge in [0.2, 0.25) is 9.84 Å². The van der Waals surface area contributed by atoms with Gasteiger partial charge in [0.15, 0.2) is 0 Å². The zero-order valence-electron chi connectivity index (χ0n) is 19.5. The van der Waals surface area contributed by atoms with Crippen LogP contribution in [0.15, 0.2) is 82.6 Å². The first-order valence-electron chi connectivity index (χ1n) is 10.6. The van der Waals surface area contributed by atoms with Gasteiger partial charge in [-0.1, -0.05) is 48.0 Å². The third kappa shape index (κ3) is 8.32. The van der Waals surface area contributed by atoms with Crippen LogP contribution in [0.1, 0.15) is 24.2 Å². The van der Waals surface area contributed by atoms with E-state index in [1.807, 2.05) is 13.0 Å². The third-order valence-corrected chi connectivity index (χ3v) is 7.20. The molecular weight excluding hydrogens is 501 g/mol. The average Bonchev–Trinajstić information content (AvgIpc) is 2.81. The Hall–Kier alpha value is -1.91. The number of aliphatic hydroxyl groups excluding tert-OH is 1. The number of hydrogen-bond donors (Lipinski definition) is 2. The maximum atomic E-state index is 13.1. The number of hydrogen-bond acceptors (Lipinski definition) is 7. The molecule has 0 unspecified atom stereocenters. The molecule has 2 atom stereocenters. The van der Waals surface area contributed by atoms with E-state index in [1.54, 1.807) is 36.4 Å². The van der Waals surface area contributed by atoms with Gasteiger partial charge in [-0.25, -0.2) is 8.42 Å². The van der Waals surface area contributed by atoms with Gasteiger partial charge in [-0.2, -0.15) is 0 Å². The molecule has 0 aromatic heterocycles. The number of carboxylic acid groups (broad SMARTS) is 1. The first-order valence-corrected chi connectivity index (χ1v) is 12.5. The first-order chi connectivity index (χ1) is 16.2. The molecule has 2 N–H and O–H groups in total. The predicted molar refractivity (Wildman–Crippen MR) is 126 cm³/mol. The van der Waals surface area contributed by atoms with Crippen molar-refractivity contribution in [2.75, 3.05) is 13.2 Å². The van der Waals surface area contributed by atoms with Crippen molar-refractivity contribution in [2.45, 2.75) is 35.3 Å². The number of carbonyl (C=O) groups excluding carboxylic acids is 1. The van der Waals surface area contributed by atoms with Crippen LogP contribution in [0.25, 0.3) is 0 Å². The molecule has 7 nitrogen and oxygen atoms in total. The fourth-order valence-electron chi connectivity index (χ4n) is 3.43. The van der Waals surface area contributed by atoms with Crippen LogP contribution < -0.4 is 44.7 Å². The van der Waals surface area contributed by atoms with E-state index >= 15 is 0 Å². The molecule has 0 saturated carbocycles. The molecular formula is C25H25ClNNaO6S. The van der Waals surface area contributed by atoms with Gasteiger partial charge in [-0.05, 0) is 60.9 Å². The van der Waals surface area contributed by atoms with Gasteiger partial charge in [-0.15, -0.1) is 0 Å². The van der Waals surface area contributed by atoms with Crippen molar-refractivity contribution in [2.24, 2.45) is 0 Å². The van der Waals surface area contributed by atoms with E-state index in [1.165, 1.54) is 30.3 Å². The average molecular weight is 526 g/mol. The fraction of sp³-hybridized carbons (Fsp3) is 0.240. The molecule has 0 bridgehead atoms. The molecule has 0 fully saturated rings. The van der Waals surface area contributed by atoms with Gasteiger partial charge in [-0.3, -0.25) is 0 Å². The molecule has 10 heteroatoms. The summed E-state index contributed by atoms with van der Waals surface area (Å²) in [5, 5.41) is 24.9. The normalized spacial score (nSPS) is 12.9. The summed E-state index contributed by atoms with van der Waals surface area (Å²) in [6, 6.07) is 19.4. The van der Waals surface area contributed by atoms with Crippen LogP contribution in [-0.2, 0) is 21.1 Å². The maximum absolute atomic E-state index is 13.1. The Bertz CT molecular complexity index is 1240. The van der Waals surface area contributed by atoms with E-state index in [-0.39, 0.29) is 51.1 Å². The Morgan fingerprint density at radius 1 is 1.09 bits per heavy atom. The summed E-state index contributed by atoms with van der Waals surface area (Å²) in [5.74, 6) is -1.49. The number of rotatable bonds is 11. The SMILES string of the molecule is C[C@H](Cc1ccc(S(=O)(=O)c2ccccc2OCC(=O)[O-])cc1)NC[C@H](O)c1cccc(Cl)c1.[Na+]. The summed E-state index contributed by atoms with van der Waals surface area (Å²) < 4.78 is 31.2. The molecule has 0 amide bonds. The van der Waals surface area contributed by atoms with Gasteiger partial charge in [0, 0.05) is 17.6 Å². The zero-order chi connectivity index (χ0) is 24.7. The fourth-order valence-corrected chi connectivity index (χ4v) is 5.03. The van der Waals surface area contributed by atoms with Crippen LogP contribution in [-0.4, -0.2) is 38.7 Å². The van der Waals surface area contributed by atoms with E-state index in [0.29, 0.717) is 18.0 Å². The van der Waals surface area contributed by atoms with Gasteiger partial charge in [0.1, 0.15) is 17.3 Å². The molecule has 180 valence electrons. The minimum Gasteiger partial charge on any atom is -0.546 e. The molecule has 0 saturated heterocycles. The monoisotopic (exact) mass is 525 g/mol. The van der Waals surface area contributed by atoms with E-state index in [2.05, 4.69) is 5.32 Å². The quantitative estimate of drug-likeness (QED) is 0.326. The number of sulfone groups is 1. The molecule has 0 aliphatic carbocycles. The second-order valence-corrected chi connectivity index (χ2v) is 10.2. The van der Waals surface area contributed by atoms with Crippen LogP contribution in [0.3, 0.4) is 0 Å². The van der Waals surface area contributed by atoms with Crippen molar-refractivity contribution in [1.29, 1.82) is 0 Å². The summed E-state index contributed by atoms with van der Waals surface area (Å²) in [6.45, 7) is 1.57. The van der Waals surface area contributed by atoms with Crippen molar-refractivity contribution >= 4 is 27.4 Å². The van der Waals surface area contributed by atoms with Crippen molar-refractivity contribution in [3.05, 3.63) is 88.9 Å². The second-order valence-electron chi connectivity index (χ2n) is 7.84. The number of aliphatic carboxylic acids is 1. The minimum atomic E-state index is -3.92. The Balaban J connectivity index is 0.00000432. The van der Waals surface area contributed by atoms with Crippen LogP contribution >= 0.6 is 11.6 Å². The molecule has 0 aliphatic rings. The topological polar surface area (TPSA) is 116 Å². The zero-order valence-corrected chi connectivity index (χ0v) is 23.1. The Morgan fingerprint density at radius 2 is 1.77 bits per heavy atom. The molecule has 3 aromatic rings. The van der Waals surface area contributed by atoms with Gasteiger partial charge < -0.3 is 25.1 Å². The number of carbonyl (C=O) groups is 1. The maximum Gasteiger partial charge on any atom is 1.00 e. The summed E-state index contributed by atoms with van der Waals surface area (Å²) in [7, 11) is -3.92. The van der Waals surface area contributed by atoms with Gasteiger partial charge in [0.25, 0.3) is 0 Å². The molecule has 35 heavy (non-hydrogen) atoms. The number of ether oxygens (including phenoxy) is 1. The van der Waals surface area contributed by atoms with Crippen LogP contribution in [0.5, 0.6) is 5.75 Å². The van der Waals surface area contributed by atoms with Crippen LogP contribution in [0, 0.1) is 0 Å². The minimum absolute atomic E-state index is 0. The van der Waals surface area contributed by atoms with Crippen LogP contribution in [0.2, 0.25) is 5.02 Å². The number of para-hydroxylation sites is 1. The van der Waals surface area contributed by atoms with Crippen molar-refractivity contribution in [3.8, 4) is 5.75 Å². The summed E-state index contributed by atoms with van der Waals surface area (Å²) in [6.07, 6.45) is -0.0821. The molecule has 0 aliphatic heterocycles. The summed E-state index contributed by atoms with van der Waals surface area (Å²) in [5.41, 5.74) is 1.64.